The summed E-state index contributed by atoms with van der Waals surface area (Å²) in [5.41, 5.74) is 1.38. The van der Waals surface area contributed by atoms with Crippen LogP contribution in [0.1, 0.15) is 43.5 Å². The van der Waals surface area contributed by atoms with E-state index in [0.717, 1.165) is 17.2 Å². The van der Waals surface area contributed by atoms with Crippen LogP contribution in [0.5, 0.6) is 17.2 Å². The molecule has 2 unspecified atom stereocenters. The van der Waals surface area contributed by atoms with Gasteiger partial charge in [-0.3, -0.25) is 9.00 Å². The minimum absolute atomic E-state index is 0.0397. The van der Waals surface area contributed by atoms with Crippen molar-refractivity contribution in [1.29, 1.82) is 0 Å². The van der Waals surface area contributed by atoms with Crippen molar-refractivity contribution in [3.8, 4) is 28.7 Å². The Bertz CT molecular complexity index is 1950. The second-order valence-corrected chi connectivity index (χ2v) is 12.1. The second kappa shape index (κ2) is 12.1. The third-order valence-corrected chi connectivity index (χ3v) is 8.98. The zero-order valence-corrected chi connectivity index (χ0v) is 25.5. The highest BCUT2D eigenvalue weighted by molar-refractivity contribution is 7.84. The summed E-state index contributed by atoms with van der Waals surface area (Å²) in [6, 6.07) is 10.8. The molecule has 0 radical (unpaired) electrons. The van der Waals surface area contributed by atoms with Gasteiger partial charge < -0.3 is 23.6 Å². The van der Waals surface area contributed by atoms with Gasteiger partial charge in [0.2, 0.25) is 11.7 Å². The van der Waals surface area contributed by atoms with E-state index in [1.165, 1.54) is 36.9 Å². The van der Waals surface area contributed by atoms with E-state index in [2.05, 4.69) is 9.97 Å². The first-order valence-corrected chi connectivity index (χ1v) is 15.8. The van der Waals surface area contributed by atoms with Crippen LogP contribution in [0.2, 0.25) is 0 Å². The van der Waals surface area contributed by atoms with Crippen LogP contribution in [-0.2, 0) is 32.2 Å². The van der Waals surface area contributed by atoms with Crippen LogP contribution >= 0.6 is 0 Å². The molecule has 1 aliphatic heterocycles. The van der Waals surface area contributed by atoms with Crippen LogP contribution in [0.15, 0.2) is 64.2 Å². The van der Waals surface area contributed by atoms with E-state index in [4.69, 9.17) is 18.6 Å². The number of rotatable bonds is 9. The number of aromatic nitrogens is 2. The van der Waals surface area contributed by atoms with E-state index in [1.54, 1.807) is 6.92 Å². The molecule has 234 valence electrons. The maximum atomic E-state index is 15.2. The molecule has 8 nitrogen and oxygen atoms in total. The molecule has 2 atom stereocenters. The van der Waals surface area contributed by atoms with Crippen molar-refractivity contribution in [3.63, 3.8) is 0 Å². The number of aromatic amines is 1. The number of nitrogens with one attached hydrogen (secondary N) is 1. The van der Waals surface area contributed by atoms with Crippen molar-refractivity contribution in [2.45, 2.75) is 43.4 Å². The molecule has 1 N–H and O–H groups in total. The molecule has 2 aromatic heterocycles. The zero-order valence-electron chi connectivity index (χ0n) is 24.7. The number of nitrogens with zero attached hydrogens (tertiary/aromatic N) is 1. The number of hydrogen-bond acceptors (Lipinski definition) is 7. The quantitative estimate of drug-likeness (QED) is 0.168. The fourth-order valence-electron chi connectivity index (χ4n) is 5.66. The molecule has 0 fully saturated rings. The number of fused-ring (bicyclic) bond motifs is 2. The van der Waals surface area contributed by atoms with Gasteiger partial charge in [0.25, 0.3) is 0 Å². The normalized spacial score (nSPS) is 16.7. The Kier molecular flexibility index (Phi) is 8.17. The third kappa shape index (κ3) is 5.47. The lowest BCUT2D eigenvalue weighted by Crippen LogP contribution is -2.32. The molecule has 0 bridgehead atoms. The predicted molar refractivity (Wildman–Crippen MR) is 160 cm³/mol. The standard InChI is InChI=1S/C33H29F3N2O6S/c1-4-41-25(39)11-8-18-6-5-7-22-29(18)42-15-13-33(22,2)24-17-43-32(38-24)21-16-19(9-10-23(21)34)44-30-27(36)26(35)28-20(12-14-37-28)31(30)45(3)40/h5-7,9-10,12,14,16-17,37H,4,8,11,13,15H2,1-3H3. The molecule has 5 aromatic rings. The van der Waals surface area contributed by atoms with Crippen LogP contribution in [0.25, 0.3) is 22.4 Å². The van der Waals surface area contributed by atoms with Gasteiger partial charge in [0.1, 0.15) is 23.6 Å². The Labute approximate surface area is 259 Å². The van der Waals surface area contributed by atoms with Gasteiger partial charge in [-0.1, -0.05) is 18.2 Å². The Balaban J connectivity index is 1.33. The minimum atomic E-state index is -1.75. The molecular weight excluding hydrogens is 609 g/mol. The molecule has 0 saturated heterocycles. The zero-order chi connectivity index (χ0) is 31.9. The maximum absolute atomic E-state index is 15.2. The molecule has 6 rings (SSSR count). The number of H-pyrrole nitrogens is 1. The Morgan fingerprint density at radius 3 is 2.76 bits per heavy atom. The smallest absolute Gasteiger partial charge is 0.306 e. The summed E-state index contributed by atoms with van der Waals surface area (Å²) in [5, 5.41) is 0.207. The molecule has 1 aliphatic rings. The second-order valence-electron chi connectivity index (χ2n) is 10.8. The van der Waals surface area contributed by atoms with Crippen molar-refractivity contribution < 1.29 is 40.8 Å². The van der Waals surface area contributed by atoms with Crippen LogP contribution in [-0.4, -0.2) is 39.6 Å². The molecule has 0 spiro atoms. The number of benzene rings is 3. The number of carbonyl (C=O) groups is 1. The number of ether oxygens (including phenoxy) is 3. The monoisotopic (exact) mass is 638 g/mol. The average molecular weight is 639 g/mol. The van der Waals surface area contributed by atoms with Crippen molar-refractivity contribution >= 4 is 27.7 Å². The molecule has 0 saturated carbocycles. The highest BCUT2D eigenvalue weighted by Crippen LogP contribution is 2.46. The maximum Gasteiger partial charge on any atom is 0.306 e. The lowest BCUT2D eigenvalue weighted by atomic mass is 9.74. The van der Waals surface area contributed by atoms with E-state index in [1.807, 2.05) is 25.1 Å². The van der Waals surface area contributed by atoms with Crippen molar-refractivity contribution in [1.82, 2.24) is 9.97 Å². The van der Waals surface area contributed by atoms with Gasteiger partial charge in [-0.05, 0) is 56.5 Å². The van der Waals surface area contributed by atoms with Gasteiger partial charge in [0.05, 0.1) is 45.7 Å². The number of carbonyl (C=O) groups excluding carboxylic acids is 1. The van der Waals surface area contributed by atoms with Crippen LogP contribution in [0.3, 0.4) is 0 Å². The summed E-state index contributed by atoms with van der Waals surface area (Å²) in [7, 11) is -1.75. The predicted octanol–water partition coefficient (Wildman–Crippen LogP) is 7.35. The number of oxazole rings is 1. The van der Waals surface area contributed by atoms with Crippen molar-refractivity contribution in [2.24, 2.45) is 0 Å². The van der Waals surface area contributed by atoms with E-state index in [-0.39, 0.29) is 45.4 Å². The van der Waals surface area contributed by atoms with Gasteiger partial charge in [0.15, 0.2) is 11.6 Å². The summed E-state index contributed by atoms with van der Waals surface area (Å²) >= 11 is 0. The SMILES string of the molecule is CCOC(=O)CCc1cccc2c1OCCC2(C)c1coc(-c2cc(Oc3c(F)c(F)c4[nH]ccc4c3S(C)=O)ccc2F)n1. The van der Waals surface area contributed by atoms with Crippen LogP contribution < -0.4 is 9.47 Å². The highest BCUT2D eigenvalue weighted by atomic mass is 32.2. The number of aryl methyl sites for hydroxylation is 1. The molecular formula is C33H29F3N2O6S. The number of hydrogen-bond donors (Lipinski definition) is 1. The molecule has 0 aliphatic carbocycles. The Hall–Kier alpha value is -4.58. The fraction of sp³-hybridized carbons (Fsp3) is 0.273. The minimum Gasteiger partial charge on any atom is -0.493 e. The summed E-state index contributed by atoms with van der Waals surface area (Å²) in [6.07, 6.45) is 5.40. The Morgan fingerprint density at radius 1 is 1.16 bits per heavy atom. The summed E-state index contributed by atoms with van der Waals surface area (Å²) in [6.45, 7) is 4.44. The van der Waals surface area contributed by atoms with Gasteiger partial charge >= 0.3 is 5.97 Å². The van der Waals surface area contributed by atoms with Crippen molar-refractivity contribution in [3.05, 3.63) is 89.2 Å². The average Bonchev–Trinajstić information content (AvgIpc) is 3.71. The molecule has 45 heavy (non-hydrogen) atoms. The summed E-state index contributed by atoms with van der Waals surface area (Å²) in [4.78, 5) is 19.2. The van der Waals surface area contributed by atoms with Crippen LogP contribution in [0, 0.1) is 17.5 Å². The molecule has 3 aromatic carbocycles. The van der Waals surface area contributed by atoms with Gasteiger partial charge in [-0.2, -0.15) is 4.39 Å². The molecule has 0 amide bonds. The summed E-state index contributed by atoms with van der Waals surface area (Å²) in [5.74, 6) is -3.47. The third-order valence-electron chi connectivity index (χ3n) is 8.00. The first-order chi connectivity index (χ1) is 21.6. The first kappa shape index (κ1) is 30.4. The summed E-state index contributed by atoms with van der Waals surface area (Å²) < 4.78 is 80.3. The Morgan fingerprint density at radius 2 is 1.98 bits per heavy atom. The van der Waals surface area contributed by atoms with Gasteiger partial charge in [0, 0.05) is 35.2 Å². The van der Waals surface area contributed by atoms with Crippen molar-refractivity contribution in [2.75, 3.05) is 19.5 Å². The fourth-order valence-corrected chi connectivity index (χ4v) is 6.54. The molecule has 12 heteroatoms. The lowest BCUT2D eigenvalue weighted by molar-refractivity contribution is -0.143. The van der Waals surface area contributed by atoms with Gasteiger partial charge in [-0.25, -0.2) is 13.8 Å². The van der Waals surface area contributed by atoms with Gasteiger partial charge in [-0.15, -0.1) is 0 Å². The number of halogens is 3. The number of esters is 1. The van der Waals surface area contributed by atoms with E-state index in [9.17, 15) is 13.4 Å². The number of para-hydroxylation sites is 1. The van der Waals surface area contributed by atoms with E-state index < -0.39 is 39.4 Å². The largest absolute Gasteiger partial charge is 0.493 e. The van der Waals surface area contributed by atoms with E-state index in [0.29, 0.717) is 37.5 Å². The van der Waals surface area contributed by atoms with E-state index >= 15 is 8.78 Å². The molecule has 3 heterocycles. The first-order valence-electron chi connectivity index (χ1n) is 14.3. The topological polar surface area (TPSA) is 104 Å². The highest BCUT2D eigenvalue weighted by Gasteiger charge is 2.39. The van der Waals surface area contributed by atoms with Crippen LogP contribution in [0.4, 0.5) is 13.2 Å². The lowest BCUT2D eigenvalue weighted by Gasteiger charge is -2.35.